The molecule has 0 spiro atoms. The van der Waals surface area contributed by atoms with Gasteiger partial charge in [-0.15, -0.1) is 0 Å². The zero-order chi connectivity index (χ0) is 7.82. The van der Waals surface area contributed by atoms with Crippen molar-refractivity contribution in [1.29, 1.82) is 0 Å². The van der Waals surface area contributed by atoms with Crippen molar-refractivity contribution >= 4 is 12.2 Å². The first-order valence-corrected chi connectivity index (χ1v) is 2.92. The Labute approximate surface area is 59.2 Å². The van der Waals surface area contributed by atoms with E-state index in [9.17, 15) is 4.79 Å². The highest BCUT2D eigenvalue weighted by molar-refractivity contribution is 5.72. The van der Waals surface area contributed by atoms with Crippen LogP contribution >= 0.6 is 0 Å². The van der Waals surface area contributed by atoms with E-state index in [-0.39, 0.29) is 0 Å². The van der Waals surface area contributed by atoms with E-state index in [4.69, 9.17) is 10.5 Å². The molecule has 0 saturated carbocycles. The first-order valence-electron chi connectivity index (χ1n) is 2.92. The largest absolute Gasteiger partial charge is 0.376 e. The molecule has 2 amide bonds. The second-order valence-corrected chi connectivity index (χ2v) is 1.45. The third kappa shape index (κ3) is 6.90. The van der Waals surface area contributed by atoms with E-state index in [0.29, 0.717) is 13.2 Å². The van der Waals surface area contributed by atoms with Crippen molar-refractivity contribution in [3.8, 4) is 0 Å². The lowest BCUT2D eigenvalue weighted by molar-refractivity contribution is 0.189. The van der Waals surface area contributed by atoms with E-state index < -0.39 is 6.03 Å². The first kappa shape index (κ1) is 8.90. The number of carbonyl (C=O) groups is 1. The van der Waals surface area contributed by atoms with Crippen LogP contribution in [0.2, 0.25) is 0 Å². The molecule has 0 aromatic carbocycles. The molecule has 0 radical (unpaired) electrons. The van der Waals surface area contributed by atoms with Crippen LogP contribution in [0.3, 0.4) is 0 Å². The van der Waals surface area contributed by atoms with Crippen LogP contribution in [0, 0.1) is 0 Å². The molecule has 10 heavy (non-hydrogen) atoms. The van der Waals surface area contributed by atoms with E-state index in [1.807, 2.05) is 12.3 Å². The van der Waals surface area contributed by atoms with E-state index in [1.54, 1.807) is 0 Å². The van der Waals surface area contributed by atoms with Gasteiger partial charge in [0.25, 0.3) is 0 Å². The van der Waals surface area contributed by atoms with Crippen LogP contribution in [-0.2, 0) is 4.74 Å². The number of nitrogens with zero attached hydrogens (tertiary/aromatic N) is 1. The van der Waals surface area contributed by atoms with E-state index in [2.05, 4.69) is 5.10 Å². The molecule has 0 fully saturated rings. The molecule has 3 N–H and O–H groups in total. The lowest BCUT2D eigenvalue weighted by Crippen LogP contribution is -2.24. The van der Waals surface area contributed by atoms with Crippen molar-refractivity contribution in [2.24, 2.45) is 10.8 Å². The number of hydrogen-bond donors (Lipinski definition) is 2. The fourth-order valence-corrected chi connectivity index (χ4v) is 0.317. The number of urea groups is 1. The summed E-state index contributed by atoms with van der Waals surface area (Å²) in [5, 5.41) is 3.43. The molecule has 0 heterocycles. The predicted molar refractivity (Wildman–Crippen MR) is 37.7 cm³/mol. The standard InChI is InChI=1S/C5H11N3O2/c1-2-10-4-3-7-8-5(6)9/h3H,2,4H2,1H3,(H3,6,8,9)/b7-3+. The number of hydrogen-bond acceptors (Lipinski definition) is 3. The zero-order valence-electron chi connectivity index (χ0n) is 5.83. The van der Waals surface area contributed by atoms with Crippen molar-refractivity contribution < 1.29 is 9.53 Å². The zero-order valence-corrected chi connectivity index (χ0v) is 5.83. The van der Waals surface area contributed by atoms with Crippen LogP contribution < -0.4 is 11.2 Å². The van der Waals surface area contributed by atoms with Crippen molar-refractivity contribution in [3.63, 3.8) is 0 Å². The third-order valence-electron chi connectivity index (χ3n) is 0.663. The van der Waals surface area contributed by atoms with Gasteiger partial charge in [-0.25, -0.2) is 10.2 Å². The second-order valence-electron chi connectivity index (χ2n) is 1.45. The Kier molecular flexibility index (Phi) is 5.36. The minimum atomic E-state index is -0.673. The smallest absolute Gasteiger partial charge is 0.332 e. The number of ether oxygens (including phenoxy) is 1. The summed E-state index contributed by atoms with van der Waals surface area (Å²) in [4.78, 5) is 9.99. The lowest BCUT2D eigenvalue weighted by Gasteiger charge is -1.92. The van der Waals surface area contributed by atoms with Crippen molar-refractivity contribution in [3.05, 3.63) is 0 Å². The predicted octanol–water partition coefficient (Wildman–Crippen LogP) is -0.323. The van der Waals surface area contributed by atoms with E-state index in [0.717, 1.165) is 0 Å². The van der Waals surface area contributed by atoms with Crippen LogP contribution in [0.1, 0.15) is 6.92 Å². The molecule has 0 aliphatic rings. The molecule has 0 aromatic rings. The van der Waals surface area contributed by atoms with Gasteiger partial charge in [0.05, 0.1) is 12.8 Å². The Balaban J connectivity index is 3.12. The normalized spacial score (nSPS) is 10.1. The number of primary amides is 1. The Hall–Kier alpha value is -1.10. The minimum Gasteiger partial charge on any atom is -0.376 e. The van der Waals surface area contributed by atoms with Gasteiger partial charge in [0.2, 0.25) is 0 Å². The maximum absolute atomic E-state index is 9.99. The van der Waals surface area contributed by atoms with Gasteiger partial charge in [0.1, 0.15) is 0 Å². The SMILES string of the molecule is CCOC/C=N/NC(N)=O. The maximum Gasteiger partial charge on any atom is 0.332 e. The first-order chi connectivity index (χ1) is 4.77. The Morgan fingerprint density at radius 1 is 1.90 bits per heavy atom. The Morgan fingerprint density at radius 3 is 3.10 bits per heavy atom. The van der Waals surface area contributed by atoms with E-state index in [1.165, 1.54) is 6.21 Å². The van der Waals surface area contributed by atoms with E-state index >= 15 is 0 Å². The molecular formula is C5H11N3O2. The molecule has 0 atom stereocenters. The van der Waals surface area contributed by atoms with Crippen LogP contribution in [0.4, 0.5) is 4.79 Å². The Bertz CT molecular complexity index is 124. The number of amides is 2. The van der Waals surface area contributed by atoms with Gasteiger partial charge in [-0.3, -0.25) is 0 Å². The van der Waals surface area contributed by atoms with Gasteiger partial charge < -0.3 is 10.5 Å². The summed E-state index contributed by atoms with van der Waals surface area (Å²) < 4.78 is 4.87. The van der Waals surface area contributed by atoms with Crippen molar-refractivity contribution in [1.82, 2.24) is 5.43 Å². The van der Waals surface area contributed by atoms with Gasteiger partial charge in [-0.1, -0.05) is 0 Å². The van der Waals surface area contributed by atoms with Crippen LogP contribution in [-0.4, -0.2) is 25.5 Å². The molecule has 0 aliphatic heterocycles. The fraction of sp³-hybridized carbons (Fsp3) is 0.600. The van der Waals surface area contributed by atoms with Crippen LogP contribution in [0.25, 0.3) is 0 Å². The van der Waals surface area contributed by atoms with Crippen LogP contribution in [0.5, 0.6) is 0 Å². The van der Waals surface area contributed by atoms with Gasteiger partial charge in [-0.2, -0.15) is 5.10 Å². The quantitative estimate of drug-likeness (QED) is 0.323. The number of rotatable bonds is 4. The summed E-state index contributed by atoms with van der Waals surface area (Å²) >= 11 is 0. The molecule has 0 saturated heterocycles. The molecule has 5 heteroatoms. The summed E-state index contributed by atoms with van der Waals surface area (Å²) in [7, 11) is 0. The van der Waals surface area contributed by atoms with Gasteiger partial charge >= 0.3 is 6.03 Å². The second kappa shape index (κ2) is 6.03. The molecule has 58 valence electrons. The highest BCUT2D eigenvalue weighted by Gasteiger charge is 1.82. The van der Waals surface area contributed by atoms with Crippen molar-refractivity contribution in [2.45, 2.75) is 6.92 Å². The number of nitrogens with one attached hydrogen (secondary N) is 1. The van der Waals surface area contributed by atoms with Crippen molar-refractivity contribution in [2.75, 3.05) is 13.2 Å². The molecule has 0 aliphatic carbocycles. The molecular weight excluding hydrogens is 134 g/mol. The summed E-state index contributed by atoms with van der Waals surface area (Å²) in [5.74, 6) is 0. The summed E-state index contributed by atoms with van der Waals surface area (Å²) in [5.41, 5.74) is 6.74. The fourth-order valence-electron chi connectivity index (χ4n) is 0.317. The number of hydrazone groups is 1. The Morgan fingerprint density at radius 2 is 2.60 bits per heavy atom. The number of nitrogens with two attached hydrogens (primary N) is 1. The highest BCUT2D eigenvalue weighted by atomic mass is 16.5. The maximum atomic E-state index is 9.99. The summed E-state index contributed by atoms with van der Waals surface area (Å²) in [6, 6.07) is -0.673. The monoisotopic (exact) mass is 145 g/mol. The molecule has 0 bridgehead atoms. The highest BCUT2D eigenvalue weighted by Crippen LogP contribution is 1.67. The minimum absolute atomic E-state index is 0.386. The van der Waals surface area contributed by atoms with Gasteiger partial charge in [0, 0.05) is 6.61 Å². The molecule has 0 aromatic heterocycles. The molecule has 5 nitrogen and oxygen atoms in total. The third-order valence-corrected chi connectivity index (χ3v) is 0.663. The van der Waals surface area contributed by atoms with Crippen LogP contribution in [0.15, 0.2) is 5.10 Å². The lowest BCUT2D eigenvalue weighted by atomic mass is 10.8. The molecule has 0 unspecified atom stereocenters. The summed E-state index contributed by atoms with van der Waals surface area (Å²) in [6.07, 6.45) is 1.42. The average Bonchev–Trinajstić information content (AvgIpc) is 1.87. The molecule has 0 rings (SSSR count). The van der Waals surface area contributed by atoms with Gasteiger partial charge in [0.15, 0.2) is 0 Å². The number of carbonyl (C=O) groups excluding carboxylic acids is 1. The topological polar surface area (TPSA) is 76.7 Å². The van der Waals surface area contributed by atoms with Gasteiger partial charge in [-0.05, 0) is 6.92 Å². The summed E-state index contributed by atoms with van der Waals surface area (Å²) in [6.45, 7) is 2.88. The average molecular weight is 145 g/mol.